The van der Waals surface area contributed by atoms with Crippen molar-refractivity contribution in [2.45, 2.75) is 39.2 Å². The van der Waals surface area contributed by atoms with Gasteiger partial charge in [-0.25, -0.2) is 0 Å². The van der Waals surface area contributed by atoms with Crippen LogP contribution in [0.25, 0.3) is 11.3 Å². The topological polar surface area (TPSA) is 42.7 Å². The van der Waals surface area contributed by atoms with Crippen molar-refractivity contribution in [1.82, 2.24) is 4.90 Å². The Morgan fingerprint density at radius 2 is 1.96 bits per heavy atom. The summed E-state index contributed by atoms with van der Waals surface area (Å²) < 4.78 is 11.4. The number of amides is 1. The zero-order chi connectivity index (χ0) is 16.9. The Morgan fingerprint density at radius 1 is 1.17 bits per heavy atom. The SMILES string of the molecule is CCN(CC1CCCCO1)C(=O)c1ccc(-c2ccc(C)o2)cc1. The van der Waals surface area contributed by atoms with Gasteiger partial charge in [-0.05, 0) is 57.4 Å². The zero-order valence-electron chi connectivity index (χ0n) is 14.5. The van der Waals surface area contributed by atoms with E-state index >= 15 is 0 Å². The number of hydrogen-bond donors (Lipinski definition) is 0. The lowest BCUT2D eigenvalue weighted by Crippen LogP contribution is -2.39. The molecule has 0 N–H and O–H groups in total. The minimum atomic E-state index is 0.0637. The van der Waals surface area contributed by atoms with Gasteiger partial charge in [-0.2, -0.15) is 0 Å². The van der Waals surface area contributed by atoms with E-state index in [9.17, 15) is 4.79 Å². The monoisotopic (exact) mass is 327 g/mol. The minimum Gasteiger partial charge on any atom is -0.461 e. The van der Waals surface area contributed by atoms with E-state index in [-0.39, 0.29) is 12.0 Å². The minimum absolute atomic E-state index is 0.0637. The summed E-state index contributed by atoms with van der Waals surface area (Å²) in [6.07, 6.45) is 3.53. The lowest BCUT2D eigenvalue weighted by atomic mass is 10.1. The average Bonchev–Trinajstić information content (AvgIpc) is 3.06. The van der Waals surface area contributed by atoms with Crippen LogP contribution in [0.15, 0.2) is 40.8 Å². The van der Waals surface area contributed by atoms with Crippen LogP contribution in [0.2, 0.25) is 0 Å². The standard InChI is InChI=1S/C20H25NO3/c1-3-21(14-18-6-4-5-13-23-18)20(22)17-10-8-16(9-11-17)19-12-7-15(2)24-19/h7-12,18H,3-6,13-14H2,1-2H3. The third-order valence-corrected chi connectivity index (χ3v) is 4.52. The predicted molar refractivity (Wildman–Crippen MR) is 94.0 cm³/mol. The quantitative estimate of drug-likeness (QED) is 0.823. The number of likely N-dealkylation sites (N-methyl/N-ethyl adjacent to an activating group) is 1. The molecule has 1 atom stereocenters. The van der Waals surface area contributed by atoms with E-state index in [2.05, 4.69) is 0 Å². The van der Waals surface area contributed by atoms with Gasteiger partial charge in [0.2, 0.25) is 0 Å². The highest BCUT2D eigenvalue weighted by molar-refractivity contribution is 5.94. The van der Waals surface area contributed by atoms with Crippen molar-refractivity contribution in [1.29, 1.82) is 0 Å². The highest BCUT2D eigenvalue weighted by Crippen LogP contribution is 2.23. The molecule has 1 aliphatic rings. The van der Waals surface area contributed by atoms with Crippen LogP contribution in [0.3, 0.4) is 0 Å². The molecule has 1 unspecified atom stereocenters. The summed E-state index contributed by atoms with van der Waals surface area (Å²) in [5.74, 6) is 1.78. The highest BCUT2D eigenvalue weighted by Gasteiger charge is 2.21. The van der Waals surface area contributed by atoms with E-state index in [1.807, 2.05) is 55.1 Å². The molecule has 1 saturated heterocycles. The summed E-state index contributed by atoms with van der Waals surface area (Å²) in [6.45, 7) is 6.12. The number of aryl methyl sites for hydroxylation is 1. The summed E-state index contributed by atoms with van der Waals surface area (Å²) in [6, 6.07) is 11.5. The summed E-state index contributed by atoms with van der Waals surface area (Å²) in [5.41, 5.74) is 1.69. The van der Waals surface area contributed by atoms with E-state index < -0.39 is 0 Å². The first-order chi connectivity index (χ1) is 11.7. The summed E-state index contributed by atoms with van der Waals surface area (Å²) >= 11 is 0. The molecular formula is C20H25NO3. The van der Waals surface area contributed by atoms with Gasteiger partial charge in [-0.1, -0.05) is 12.1 Å². The van der Waals surface area contributed by atoms with Gasteiger partial charge in [-0.15, -0.1) is 0 Å². The fourth-order valence-corrected chi connectivity index (χ4v) is 3.10. The van der Waals surface area contributed by atoms with Gasteiger partial charge >= 0.3 is 0 Å². The number of furan rings is 1. The Hall–Kier alpha value is -2.07. The van der Waals surface area contributed by atoms with E-state index in [0.29, 0.717) is 18.7 Å². The van der Waals surface area contributed by atoms with Crippen molar-refractivity contribution in [2.24, 2.45) is 0 Å². The van der Waals surface area contributed by atoms with Crippen molar-refractivity contribution >= 4 is 5.91 Å². The molecule has 1 aliphatic heterocycles. The Morgan fingerprint density at radius 3 is 2.54 bits per heavy atom. The van der Waals surface area contributed by atoms with Crippen molar-refractivity contribution in [3.63, 3.8) is 0 Å². The van der Waals surface area contributed by atoms with E-state index in [1.54, 1.807) is 0 Å². The van der Waals surface area contributed by atoms with Crippen molar-refractivity contribution in [2.75, 3.05) is 19.7 Å². The first kappa shape index (κ1) is 16.8. The zero-order valence-corrected chi connectivity index (χ0v) is 14.5. The third kappa shape index (κ3) is 3.88. The first-order valence-electron chi connectivity index (χ1n) is 8.75. The van der Waals surface area contributed by atoms with Crippen molar-refractivity contribution in [3.8, 4) is 11.3 Å². The fraction of sp³-hybridized carbons (Fsp3) is 0.450. The predicted octanol–water partition coefficient (Wildman–Crippen LogP) is 4.29. The number of ether oxygens (including phenoxy) is 1. The van der Waals surface area contributed by atoms with Crippen LogP contribution < -0.4 is 0 Å². The number of nitrogens with zero attached hydrogens (tertiary/aromatic N) is 1. The Labute approximate surface area is 143 Å². The molecule has 1 amide bonds. The molecule has 0 aliphatic carbocycles. The largest absolute Gasteiger partial charge is 0.461 e. The summed E-state index contributed by atoms with van der Waals surface area (Å²) in [7, 11) is 0. The van der Waals surface area contributed by atoms with Crippen LogP contribution in [0.5, 0.6) is 0 Å². The molecule has 0 bridgehead atoms. The highest BCUT2D eigenvalue weighted by atomic mass is 16.5. The second-order valence-corrected chi connectivity index (χ2v) is 6.32. The molecule has 0 spiro atoms. The molecular weight excluding hydrogens is 302 g/mol. The van der Waals surface area contributed by atoms with Gasteiger partial charge in [0.1, 0.15) is 11.5 Å². The Bertz CT molecular complexity index is 668. The molecule has 0 saturated carbocycles. The molecule has 128 valence electrons. The molecule has 2 aromatic rings. The van der Waals surface area contributed by atoms with Gasteiger partial charge in [0, 0.05) is 30.8 Å². The Kier molecular flexibility index (Phi) is 5.36. The van der Waals surface area contributed by atoms with Gasteiger partial charge in [0.25, 0.3) is 5.91 Å². The second kappa shape index (κ2) is 7.67. The van der Waals surface area contributed by atoms with Crippen LogP contribution in [0.1, 0.15) is 42.3 Å². The Balaban J connectivity index is 1.68. The number of hydrogen-bond acceptors (Lipinski definition) is 3. The molecule has 2 heterocycles. The normalized spacial score (nSPS) is 17.7. The molecule has 4 nitrogen and oxygen atoms in total. The maximum absolute atomic E-state index is 12.7. The number of rotatable bonds is 5. The first-order valence-corrected chi connectivity index (χ1v) is 8.75. The van der Waals surface area contributed by atoms with Crippen molar-refractivity contribution in [3.05, 3.63) is 47.7 Å². The molecule has 1 aromatic carbocycles. The van der Waals surface area contributed by atoms with Crippen LogP contribution in [-0.2, 0) is 4.74 Å². The number of carbonyl (C=O) groups excluding carboxylic acids is 1. The van der Waals surface area contributed by atoms with E-state index in [0.717, 1.165) is 36.5 Å². The van der Waals surface area contributed by atoms with Crippen LogP contribution in [0, 0.1) is 6.92 Å². The lowest BCUT2D eigenvalue weighted by molar-refractivity contribution is -0.00311. The summed E-state index contributed by atoms with van der Waals surface area (Å²) in [5, 5.41) is 0. The van der Waals surface area contributed by atoms with Crippen LogP contribution >= 0.6 is 0 Å². The molecule has 1 aromatic heterocycles. The fourth-order valence-electron chi connectivity index (χ4n) is 3.10. The number of benzene rings is 1. The maximum atomic E-state index is 12.7. The van der Waals surface area contributed by atoms with Gasteiger partial charge in [0.05, 0.1) is 6.10 Å². The molecule has 0 radical (unpaired) electrons. The van der Waals surface area contributed by atoms with Crippen molar-refractivity contribution < 1.29 is 13.9 Å². The molecule has 4 heteroatoms. The molecule has 1 fully saturated rings. The van der Waals surface area contributed by atoms with E-state index in [1.165, 1.54) is 6.42 Å². The van der Waals surface area contributed by atoms with Gasteiger partial charge < -0.3 is 14.1 Å². The van der Waals surface area contributed by atoms with Crippen LogP contribution in [-0.4, -0.2) is 36.6 Å². The lowest BCUT2D eigenvalue weighted by Gasteiger charge is -2.29. The molecule has 24 heavy (non-hydrogen) atoms. The third-order valence-electron chi connectivity index (χ3n) is 4.52. The number of carbonyl (C=O) groups is 1. The van der Waals surface area contributed by atoms with E-state index in [4.69, 9.17) is 9.15 Å². The smallest absolute Gasteiger partial charge is 0.253 e. The maximum Gasteiger partial charge on any atom is 0.253 e. The van der Waals surface area contributed by atoms with Gasteiger partial charge in [0.15, 0.2) is 0 Å². The average molecular weight is 327 g/mol. The van der Waals surface area contributed by atoms with Gasteiger partial charge in [-0.3, -0.25) is 4.79 Å². The molecule has 3 rings (SSSR count). The summed E-state index contributed by atoms with van der Waals surface area (Å²) in [4.78, 5) is 14.6. The van der Waals surface area contributed by atoms with Crippen LogP contribution in [0.4, 0.5) is 0 Å². The second-order valence-electron chi connectivity index (χ2n) is 6.32.